The number of nitrogens with zero attached hydrogens (tertiary/aromatic N) is 9. The maximum atomic E-state index is 14.0. The first kappa shape index (κ1) is 88.1. The summed E-state index contributed by atoms with van der Waals surface area (Å²) in [4.78, 5) is 61.6. The lowest BCUT2D eigenvalue weighted by Crippen LogP contribution is -2.50. The first-order valence-corrected chi connectivity index (χ1v) is 41.7. The Bertz CT molecular complexity index is 4510. The van der Waals surface area contributed by atoms with Crippen molar-refractivity contribution >= 4 is 53.0 Å². The van der Waals surface area contributed by atoms with Gasteiger partial charge in [0.15, 0.2) is 27.2 Å². The average Bonchev–Trinajstić information content (AvgIpc) is 0.720. The highest BCUT2D eigenvalue weighted by Crippen LogP contribution is 2.51. The van der Waals surface area contributed by atoms with Crippen LogP contribution in [0.15, 0.2) is 148 Å². The van der Waals surface area contributed by atoms with Crippen LogP contribution in [-0.2, 0) is 70.5 Å². The normalized spacial score (nSPS) is 14.3. The molecule has 112 heavy (non-hydrogen) atoms. The van der Waals surface area contributed by atoms with Gasteiger partial charge in [0.1, 0.15) is 19.0 Å². The van der Waals surface area contributed by atoms with E-state index in [1.54, 1.807) is 87.6 Å². The molecular formula is C85H106F3N9O11S4. The Morgan fingerprint density at radius 1 is 0.562 bits per heavy atom. The predicted octanol–water partition coefficient (Wildman–Crippen LogP) is 17.0. The van der Waals surface area contributed by atoms with Gasteiger partial charge in [-0.15, -0.1) is 6.58 Å². The smallest absolute Gasteiger partial charge is 0.422 e. The highest BCUT2D eigenvalue weighted by atomic mass is 32.2. The molecule has 20 nitrogen and oxygen atoms in total. The fourth-order valence-electron chi connectivity index (χ4n) is 14.0. The monoisotopic (exact) mass is 1610 g/mol. The van der Waals surface area contributed by atoms with Gasteiger partial charge in [-0.3, -0.25) is 14.2 Å². The molecule has 4 aromatic carbocycles. The molecule has 602 valence electrons. The van der Waals surface area contributed by atoms with Crippen LogP contribution < -0.4 is 24.5 Å². The van der Waals surface area contributed by atoms with Crippen molar-refractivity contribution in [1.29, 1.82) is 0 Å². The summed E-state index contributed by atoms with van der Waals surface area (Å²) in [7, 11) is 8.30. The maximum Gasteiger partial charge on any atom is 0.422 e. The summed E-state index contributed by atoms with van der Waals surface area (Å²) in [6.07, 6.45) is 5.55. The van der Waals surface area contributed by atoms with Crippen molar-refractivity contribution in [3.63, 3.8) is 0 Å². The minimum absolute atomic E-state index is 0.00625. The maximum absolute atomic E-state index is 14.0. The molecule has 4 aromatic heterocycles. The zero-order valence-electron chi connectivity index (χ0n) is 66.6. The van der Waals surface area contributed by atoms with Crippen molar-refractivity contribution < 1.29 is 60.6 Å². The van der Waals surface area contributed by atoms with Crippen LogP contribution in [0.3, 0.4) is 0 Å². The highest BCUT2D eigenvalue weighted by Gasteiger charge is 2.46. The topological polar surface area (TPSA) is 216 Å². The molecule has 1 amide bonds. The summed E-state index contributed by atoms with van der Waals surface area (Å²) in [5, 5.41) is 2.52. The fraction of sp³-hybridized carbons (Fsp3) is 0.471. The molecule has 8 aromatic rings. The number of thioether (sulfide) groups is 4. The number of carbonyl (C=O) groups is 1. The van der Waals surface area contributed by atoms with Crippen LogP contribution in [0.2, 0.25) is 0 Å². The molecule has 0 N–H and O–H groups in total. The van der Waals surface area contributed by atoms with Crippen LogP contribution in [0.25, 0.3) is 45.0 Å². The molecule has 12 rings (SSSR count). The zero-order valence-corrected chi connectivity index (χ0v) is 69.8. The third-order valence-corrected chi connectivity index (χ3v) is 22.6. The number of benzene rings is 4. The van der Waals surface area contributed by atoms with Crippen LogP contribution in [0.4, 0.5) is 13.2 Å². The van der Waals surface area contributed by atoms with Crippen molar-refractivity contribution in [2.75, 3.05) is 131 Å². The van der Waals surface area contributed by atoms with Gasteiger partial charge in [-0.25, -0.2) is 19.9 Å². The van der Waals surface area contributed by atoms with Crippen LogP contribution in [0.5, 0.6) is 23.4 Å². The number of allylic oxidation sites excluding steroid dienone is 1. The molecule has 1 spiro atoms. The quantitative estimate of drug-likeness (QED) is 0.0162. The molecule has 3 aliphatic carbocycles. The molecule has 1 fully saturated rings. The Balaban J connectivity index is 0.000000173. The van der Waals surface area contributed by atoms with Gasteiger partial charge in [0.05, 0.1) is 75.1 Å². The van der Waals surface area contributed by atoms with E-state index >= 15 is 0 Å². The molecule has 0 atom stereocenters. The number of amides is 1. The summed E-state index contributed by atoms with van der Waals surface area (Å²) < 4.78 is 88.3. The van der Waals surface area contributed by atoms with Crippen molar-refractivity contribution in [1.82, 2.24) is 44.4 Å². The Labute approximate surface area is 674 Å². The molecular weight excluding hydrogens is 1510 g/mol. The summed E-state index contributed by atoms with van der Waals surface area (Å²) in [6.45, 7) is 26.8. The number of hydrogen-bond donors (Lipinski definition) is 0. The molecule has 0 unspecified atom stereocenters. The number of unbranched alkanes of at least 4 members (excludes halogenated alkanes) is 1. The Morgan fingerprint density at radius 3 is 1.66 bits per heavy atom. The number of piperidine rings is 1. The third-order valence-electron chi connectivity index (χ3n) is 19.3. The third kappa shape index (κ3) is 23.0. The lowest BCUT2D eigenvalue weighted by Gasteiger charge is -2.45. The van der Waals surface area contributed by atoms with Gasteiger partial charge in [0.25, 0.3) is 5.56 Å². The summed E-state index contributed by atoms with van der Waals surface area (Å²) in [5.41, 5.74) is 13.6. The molecule has 5 heterocycles. The van der Waals surface area contributed by atoms with Crippen molar-refractivity contribution in [3.8, 4) is 68.4 Å². The van der Waals surface area contributed by atoms with Gasteiger partial charge in [0, 0.05) is 127 Å². The van der Waals surface area contributed by atoms with E-state index in [1.165, 1.54) is 28.5 Å². The van der Waals surface area contributed by atoms with Crippen molar-refractivity contribution in [2.24, 2.45) is 0 Å². The number of ether oxygens (including phenoxy) is 9. The molecule has 4 aliphatic rings. The molecule has 1 aliphatic heterocycles. The largest absolute Gasteiger partial charge is 0.497 e. The van der Waals surface area contributed by atoms with E-state index in [1.807, 2.05) is 87.2 Å². The Kier molecular flexibility index (Phi) is 33.4. The number of carbonyl (C=O) groups excluding carboxylic acids is 1. The van der Waals surface area contributed by atoms with Crippen LogP contribution in [0, 0.1) is 6.92 Å². The van der Waals surface area contributed by atoms with Gasteiger partial charge in [-0.05, 0) is 80.0 Å². The second-order valence-corrected chi connectivity index (χ2v) is 32.8. The van der Waals surface area contributed by atoms with E-state index in [0.29, 0.717) is 140 Å². The van der Waals surface area contributed by atoms with Crippen molar-refractivity contribution in [3.05, 3.63) is 172 Å². The van der Waals surface area contributed by atoms with E-state index in [2.05, 4.69) is 96.3 Å². The number of fused-ring (bicyclic) bond motifs is 10. The first-order chi connectivity index (χ1) is 54.0. The number of likely N-dealkylation sites (tertiary alicyclic amines) is 1. The molecule has 0 radical (unpaired) electrons. The molecule has 1 saturated heterocycles. The van der Waals surface area contributed by atoms with Gasteiger partial charge >= 0.3 is 6.18 Å². The number of halogens is 3. The number of rotatable bonds is 33. The highest BCUT2D eigenvalue weighted by molar-refractivity contribution is 7.99. The van der Waals surface area contributed by atoms with Crippen LogP contribution in [-0.4, -0.2) is 188 Å². The average molecular weight is 1620 g/mol. The number of methoxy groups -OCH3 is 5. The Hall–Kier alpha value is -7.86. The predicted molar refractivity (Wildman–Crippen MR) is 442 cm³/mol. The standard InChI is InChI=1S/C27H35N3O3S.C22H30N2O4S.C19H21F3N2O2S.C17H20N2O2S/c1-4-6-11-22(31)29-15-12-27(13-16-29)19-20-9-7-8-10-21(20)24-23(27)25(32)30(14-5-2)26(28-24)34-18-17-33-3;1-22(2)15-16-7-5-6-8-17(16)19-18(22)20(28-12-11-27-10-9-25-3)24-21(23-19)29-14-13-26-4;1-5-27-17-23-15-13-8-12(25-4)7-6-11(13)9-18(2,3)14(15)16(24-17)26-10-19(20,21)22;1-4-10-21-16-13(2)15(14-8-6-5-7-9-14)18-17(19-16)22-12-11-20-3/h5,7-10H,2,4,6,11-19H2,1,3H3;5-8H,9-15H2,1-4H3;6-8H,5,9-10H2,1-4H3;4-9H,1,10-12H2,2-3H3. The molecule has 27 heteroatoms. The number of aromatic nitrogens is 8. The fourth-order valence-corrected chi connectivity index (χ4v) is 16.9. The van der Waals surface area contributed by atoms with E-state index in [4.69, 9.17) is 57.6 Å². The summed E-state index contributed by atoms with van der Waals surface area (Å²) in [5.74, 6) is 5.19. The van der Waals surface area contributed by atoms with E-state index in [0.717, 1.165) is 112 Å². The van der Waals surface area contributed by atoms with Crippen molar-refractivity contribution in [2.45, 2.75) is 149 Å². The minimum Gasteiger partial charge on any atom is -0.497 e. The second-order valence-electron chi connectivity index (χ2n) is 28.4. The number of hydrogen-bond acceptors (Lipinski definition) is 22. The van der Waals surface area contributed by atoms with Gasteiger partial charge in [-0.2, -0.15) is 28.1 Å². The van der Waals surface area contributed by atoms with Crippen LogP contribution >= 0.6 is 47.0 Å². The second kappa shape index (κ2) is 42.5. The van der Waals surface area contributed by atoms with Gasteiger partial charge in [0.2, 0.25) is 23.5 Å². The molecule has 0 saturated carbocycles. The number of alkyl halides is 3. The lowest BCUT2D eigenvalue weighted by atomic mass is 9.64. The van der Waals surface area contributed by atoms with Gasteiger partial charge in [-0.1, -0.05) is 199 Å². The summed E-state index contributed by atoms with van der Waals surface area (Å²) >= 11 is 6.05. The van der Waals surface area contributed by atoms with Gasteiger partial charge < -0.3 is 47.5 Å². The van der Waals surface area contributed by atoms with E-state index < -0.39 is 18.2 Å². The van der Waals surface area contributed by atoms with E-state index in [9.17, 15) is 22.8 Å². The zero-order chi connectivity index (χ0) is 80.4. The summed E-state index contributed by atoms with van der Waals surface area (Å²) in [6, 6.07) is 32.6. The van der Waals surface area contributed by atoms with E-state index in [-0.39, 0.29) is 28.2 Å². The SMILES string of the molecule is C=CCOc1nc(SCCOC)nc(-c2ccccc2)c1C.C=CCn1c(SCCOC)nc2c(c1=O)C1(CCN(C(=O)CCCC)CC1)Cc1ccccc1-2.CCSc1nc(OCC(F)(F)F)c2c(n1)-c1cc(OC)ccc1CC2(C)C.COCCOCCOc1nc(SCCOC)nc2c1C(C)(C)Cc1ccccc1-2. The first-order valence-electron chi connectivity index (χ1n) is 37.8. The molecule has 0 bridgehead atoms. The minimum atomic E-state index is -4.43. The van der Waals surface area contributed by atoms with Crippen LogP contribution in [0.1, 0.15) is 113 Å². The lowest BCUT2D eigenvalue weighted by molar-refractivity contribution is -0.154. The Morgan fingerprint density at radius 2 is 1.09 bits per heavy atom.